The predicted molar refractivity (Wildman–Crippen MR) is 134 cm³/mol. The van der Waals surface area contributed by atoms with E-state index >= 15 is 0 Å². The quantitative estimate of drug-likeness (QED) is 0.577. The van der Waals surface area contributed by atoms with E-state index in [0.29, 0.717) is 56.6 Å². The molecule has 3 aromatic rings. The fourth-order valence-corrected chi connectivity index (χ4v) is 5.60. The number of nitrogens with zero attached hydrogens (tertiary/aromatic N) is 5. The number of aromatic nitrogens is 4. The van der Waals surface area contributed by atoms with Gasteiger partial charge in [0.1, 0.15) is 11.4 Å². The van der Waals surface area contributed by atoms with Crippen LogP contribution in [0, 0.1) is 0 Å². The van der Waals surface area contributed by atoms with Crippen molar-refractivity contribution in [3.8, 4) is 5.75 Å². The smallest absolute Gasteiger partial charge is 0.251 e. The Morgan fingerprint density at radius 1 is 1.08 bits per heavy atom. The first kappa shape index (κ1) is 24.1. The first-order valence-corrected chi connectivity index (χ1v) is 13.4. The number of aryl methyl sites for hydroxylation is 1. The number of carbonyl (C=O) groups is 1. The lowest BCUT2D eigenvalue weighted by Gasteiger charge is -2.20. The van der Waals surface area contributed by atoms with Crippen molar-refractivity contribution in [2.45, 2.75) is 76.3 Å². The highest BCUT2D eigenvalue weighted by Crippen LogP contribution is 2.32. The van der Waals surface area contributed by atoms with E-state index in [1.807, 2.05) is 29.1 Å². The van der Waals surface area contributed by atoms with Gasteiger partial charge in [0.05, 0.1) is 43.8 Å². The summed E-state index contributed by atoms with van der Waals surface area (Å²) in [5, 5.41) is 16.0. The molecule has 1 amide bonds. The van der Waals surface area contributed by atoms with E-state index in [-0.39, 0.29) is 18.1 Å². The molecule has 196 valence electrons. The van der Waals surface area contributed by atoms with Gasteiger partial charge in [-0.25, -0.2) is 0 Å². The molecule has 37 heavy (non-hydrogen) atoms. The first-order valence-electron chi connectivity index (χ1n) is 13.4. The molecule has 0 unspecified atom stereocenters. The maximum absolute atomic E-state index is 13.2. The molecular formula is C27H34N6O4. The van der Waals surface area contributed by atoms with Gasteiger partial charge in [-0.05, 0) is 31.0 Å². The zero-order valence-electron chi connectivity index (χ0n) is 21.1. The third-order valence-electron chi connectivity index (χ3n) is 7.57. The van der Waals surface area contributed by atoms with Gasteiger partial charge in [-0.1, -0.05) is 35.7 Å². The van der Waals surface area contributed by atoms with Crippen LogP contribution < -0.4 is 10.1 Å². The molecule has 1 saturated heterocycles. The molecule has 4 bridgehead atoms. The van der Waals surface area contributed by atoms with Gasteiger partial charge in [0.25, 0.3) is 5.91 Å². The summed E-state index contributed by atoms with van der Waals surface area (Å²) < 4.78 is 19.7. The minimum Gasteiger partial charge on any atom is -0.494 e. The van der Waals surface area contributed by atoms with Gasteiger partial charge in [-0.15, -0.1) is 5.10 Å². The molecule has 10 nitrogen and oxygen atoms in total. The van der Waals surface area contributed by atoms with Crippen LogP contribution in [0.3, 0.4) is 0 Å². The SMILES string of the molecule is O=C1N[C@H]2CN(Cc3cc(C4CCCCC4)no3)C[C@@H]2OCc2cn(nn2)CCCOc2cccc1c2. The number of carbonyl (C=O) groups excluding carboxylic acids is 1. The third-order valence-corrected chi connectivity index (χ3v) is 7.57. The van der Waals surface area contributed by atoms with Crippen LogP contribution in [0.25, 0.3) is 0 Å². The fraction of sp³-hybridized carbons (Fsp3) is 0.556. The highest BCUT2D eigenvalue weighted by Gasteiger charge is 2.36. The van der Waals surface area contributed by atoms with E-state index in [4.69, 9.17) is 14.0 Å². The van der Waals surface area contributed by atoms with Gasteiger partial charge in [0.2, 0.25) is 0 Å². The zero-order chi connectivity index (χ0) is 25.0. The molecular weight excluding hydrogens is 472 g/mol. The molecule has 2 fully saturated rings. The summed E-state index contributed by atoms with van der Waals surface area (Å²) in [5.41, 5.74) is 2.42. The number of hydrogen-bond acceptors (Lipinski definition) is 8. The zero-order valence-corrected chi connectivity index (χ0v) is 21.1. The minimum absolute atomic E-state index is 0.136. The monoisotopic (exact) mass is 506 g/mol. The van der Waals surface area contributed by atoms with E-state index < -0.39 is 0 Å². The second-order valence-corrected chi connectivity index (χ2v) is 10.4. The Hall–Kier alpha value is -3.24. The Labute approximate surface area is 216 Å². The second kappa shape index (κ2) is 11.0. The summed E-state index contributed by atoms with van der Waals surface area (Å²) in [4.78, 5) is 15.4. The molecule has 6 rings (SSSR count). The van der Waals surface area contributed by atoms with Crippen LogP contribution in [0.4, 0.5) is 0 Å². The number of likely N-dealkylation sites (tertiary alicyclic amines) is 1. The van der Waals surface area contributed by atoms with Gasteiger partial charge in [0, 0.05) is 43.6 Å². The number of amides is 1. The van der Waals surface area contributed by atoms with E-state index in [2.05, 4.69) is 31.8 Å². The third kappa shape index (κ3) is 5.86. The maximum Gasteiger partial charge on any atom is 0.251 e. The van der Waals surface area contributed by atoms with Crippen molar-refractivity contribution in [2.24, 2.45) is 0 Å². The van der Waals surface area contributed by atoms with E-state index in [9.17, 15) is 4.79 Å². The van der Waals surface area contributed by atoms with Crippen LogP contribution in [-0.4, -0.2) is 62.8 Å². The molecule has 4 heterocycles. The Morgan fingerprint density at radius 3 is 2.92 bits per heavy atom. The van der Waals surface area contributed by atoms with Gasteiger partial charge in [0.15, 0.2) is 5.76 Å². The highest BCUT2D eigenvalue weighted by atomic mass is 16.5. The van der Waals surface area contributed by atoms with E-state index in [0.717, 1.165) is 23.6 Å². The van der Waals surface area contributed by atoms with E-state index in [1.54, 1.807) is 6.07 Å². The Kier molecular flexibility index (Phi) is 7.18. The molecule has 0 spiro atoms. The lowest BCUT2D eigenvalue weighted by molar-refractivity contribution is 0.0290. The number of rotatable bonds is 3. The number of ether oxygens (including phenoxy) is 2. The van der Waals surface area contributed by atoms with Crippen molar-refractivity contribution in [3.63, 3.8) is 0 Å². The summed E-state index contributed by atoms with van der Waals surface area (Å²) in [6, 6.07) is 9.25. The molecule has 2 atom stereocenters. The number of fused-ring (bicyclic) bond motifs is 5. The van der Waals surface area contributed by atoms with E-state index in [1.165, 1.54) is 32.1 Å². The standard InChI is InChI=1S/C27H34N6O4/c34-27-20-8-4-9-22(12-20)35-11-5-10-33-14-21(29-31-33)18-36-26-17-32(16-25(26)28-27)15-23-13-24(30-37-23)19-6-2-1-3-7-19/h4,8-9,12-14,19,25-26H,1-3,5-7,10-11,15-18H2,(H,28,34)/t25-,26-/m0/s1. The Bertz CT molecular complexity index is 1200. The summed E-state index contributed by atoms with van der Waals surface area (Å²) in [6.45, 7) is 3.52. The summed E-state index contributed by atoms with van der Waals surface area (Å²) in [7, 11) is 0. The lowest BCUT2D eigenvalue weighted by atomic mass is 9.87. The average molecular weight is 507 g/mol. The first-order chi connectivity index (χ1) is 18.2. The van der Waals surface area contributed by atoms with Crippen LogP contribution >= 0.6 is 0 Å². The van der Waals surface area contributed by atoms with Crippen molar-refractivity contribution < 1.29 is 18.8 Å². The molecule has 1 aromatic carbocycles. The number of hydrogen-bond donors (Lipinski definition) is 1. The van der Waals surface area contributed by atoms with Crippen molar-refractivity contribution in [1.29, 1.82) is 0 Å². The summed E-state index contributed by atoms with van der Waals surface area (Å²) >= 11 is 0. The van der Waals surface area contributed by atoms with Crippen LogP contribution in [0.15, 0.2) is 41.1 Å². The molecule has 0 radical (unpaired) electrons. The van der Waals surface area contributed by atoms with Gasteiger partial charge >= 0.3 is 0 Å². The van der Waals surface area contributed by atoms with Crippen molar-refractivity contribution in [1.82, 2.24) is 30.4 Å². The highest BCUT2D eigenvalue weighted by molar-refractivity contribution is 5.94. The average Bonchev–Trinajstić information content (AvgIpc) is 3.66. The van der Waals surface area contributed by atoms with Crippen LogP contribution in [0.5, 0.6) is 5.75 Å². The van der Waals surface area contributed by atoms with Gasteiger partial charge < -0.3 is 19.3 Å². The lowest BCUT2D eigenvalue weighted by Crippen LogP contribution is -2.44. The van der Waals surface area contributed by atoms with Crippen LogP contribution in [0.2, 0.25) is 0 Å². The topological polar surface area (TPSA) is 108 Å². The molecule has 2 aromatic heterocycles. The molecule has 1 saturated carbocycles. The maximum atomic E-state index is 13.2. The molecule has 10 heteroatoms. The van der Waals surface area contributed by atoms with Crippen LogP contribution in [0.1, 0.15) is 71.9 Å². The normalized spacial score (nSPS) is 23.8. The van der Waals surface area contributed by atoms with Gasteiger partial charge in [-0.3, -0.25) is 14.4 Å². The summed E-state index contributed by atoms with van der Waals surface area (Å²) in [5.74, 6) is 1.91. The predicted octanol–water partition coefficient (Wildman–Crippen LogP) is 3.30. The molecule has 2 aliphatic heterocycles. The molecule has 1 aliphatic carbocycles. The fourth-order valence-electron chi connectivity index (χ4n) is 5.60. The second-order valence-electron chi connectivity index (χ2n) is 10.4. The number of benzene rings is 1. The Morgan fingerprint density at radius 2 is 2.00 bits per heavy atom. The molecule has 3 aliphatic rings. The Balaban J connectivity index is 1.17. The number of nitrogens with one attached hydrogen (secondary N) is 1. The van der Waals surface area contributed by atoms with Crippen molar-refractivity contribution >= 4 is 5.91 Å². The summed E-state index contributed by atoms with van der Waals surface area (Å²) in [6.07, 6.45) is 8.73. The van der Waals surface area contributed by atoms with Crippen LogP contribution in [-0.2, 0) is 24.4 Å². The molecule has 1 N–H and O–H groups in total. The minimum atomic E-state index is -0.192. The largest absolute Gasteiger partial charge is 0.494 e. The van der Waals surface area contributed by atoms with Gasteiger partial charge in [-0.2, -0.15) is 0 Å². The van der Waals surface area contributed by atoms with Crippen molar-refractivity contribution in [3.05, 3.63) is 59.2 Å². The van der Waals surface area contributed by atoms with Crippen molar-refractivity contribution in [2.75, 3.05) is 19.7 Å².